The van der Waals surface area contributed by atoms with Crippen molar-refractivity contribution in [2.75, 3.05) is 38.0 Å². The van der Waals surface area contributed by atoms with Gasteiger partial charge in [-0.15, -0.1) is 0 Å². The van der Waals surface area contributed by atoms with Crippen molar-refractivity contribution in [3.8, 4) is 5.75 Å². The van der Waals surface area contributed by atoms with Crippen molar-refractivity contribution in [1.82, 2.24) is 0 Å². The lowest BCUT2D eigenvalue weighted by molar-refractivity contribution is 0.476. The summed E-state index contributed by atoms with van der Waals surface area (Å²) in [5, 5.41) is 9.64. The molecule has 3 heteroatoms. The molecule has 13 heavy (non-hydrogen) atoms. The van der Waals surface area contributed by atoms with Crippen LogP contribution in [0.2, 0.25) is 0 Å². The number of hydrogen-bond acceptors (Lipinski definition) is 3. The molecular weight excluding hydrogens is 164 g/mol. The van der Waals surface area contributed by atoms with Gasteiger partial charge in [0.15, 0.2) is 0 Å². The molecule has 0 aromatic heterocycles. The van der Waals surface area contributed by atoms with Gasteiger partial charge < -0.3 is 14.9 Å². The average molecular weight is 180 g/mol. The van der Waals surface area contributed by atoms with Gasteiger partial charge in [-0.25, -0.2) is 0 Å². The highest BCUT2D eigenvalue weighted by molar-refractivity contribution is 5.76. The zero-order chi connectivity index (χ0) is 10.0. The summed E-state index contributed by atoms with van der Waals surface area (Å²) in [6.45, 7) is 0. The van der Waals surface area contributed by atoms with Gasteiger partial charge in [0.2, 0.25) is 0 Å². The third-order valence-electron chi connectivity index (χ3n) is 1.92. The fraction of sp³-hybridized carbons (Fsp3) is 0.400. The van der Waals surface area contributed by atoms with Gasteiger partial charge in [-0.3, -0.25) is 0 Å². The first-order valence-electron chi connectivity index (χ1n) is 4.20. The Morgan fingerprint density at radius 1 is 1.00 bits per heavy atom. The Morgan fingerprint density at radius 3 is 2.00 bits per heavy atom. The van der Waals surface area contributed by atoms with E-state index < -0.39 is 0 Å². The molecule has 1 aromatic carbocycles. The molecule has 72 valence electrons. The molecule has 0 aliphatic carbocycles. The van der Waals surface area contributed by atoms with Crippen LogP contribution in [0, 0.1) is 0 Å². The summed E-state index contributed by atoms with van der Waals surface area (Å²) in [4.78, 5) is 3.89. The largest absolute Gasteiger partial charge is 0.506 e. The van der Waals surface area contributed by atoms with E-state index >= 15 is 0 Å². The Hall–Kier alpha value is -1.38. The molecular formula is C10H16N2O. The lowest BCUT2D eigenvalue weighted by atomic mass is 10.2. The van der Waals surface area contributed by atoms with Crippen molar-refractivity contribution in [3.63, 3.8) is 0 Å². The van der Waals surface area contributed by atoms with Gasteiger partial charge in [0.05, 0.1) is 5.69 Å². The number of hydrogen-bond donors (Lipinski definition) is 1. The molecule has 3 nitrogen and oxygen atoms in total. The summed E-state index contributed by atoms with van der Waals surface area (Å²) < 4.78 is 0. The summed E-state index contributed by atoms with van der Waals surface area (Å²) >= 11 is 0. The summed E-state index contributed by atoms with van der Waals surface area (Å²) in [6.07, 6.45) is 0. The maximum atomic E-state index is 9.64. The highest BCUT2D eigenvalue weighted by atomic mass is 16.3. The van der Waals surface area contributed by atoms with Gasteiger partial charge in [-0.1, -0.05) is 6.07 Å². The number of nitrogens with zero attached hydrogens (tertiary/aromatic N) is 2. The Morgan fingerprint density at radius 2 is 1.62 bits per heavy atom. The molecule has 0 bridgehead atoms. The lowest BCUT2D eigenvalue weighted by Crippen LogP contribution is -2.16. The average Bonchev–Trinajstić information content (AvgIpc) is 2.02. The fourth-order valence-electron chi connectivity index (χ4n) is 1.34. The van der Waals surface area contributed by atoms with Crippen LogP contribution in [0.25, 0.3) is 0 Å². The van der Waals surface area contributed by atoms with Crippen LogP contribution >= 0.6 is 0 Å². The molecule has 0 amide bonds. The van der Waals surface area contributed by atoms with Gasteiger partial charge in [0.1, 0.15) is 11.4 Å². The van der Waals surface area contributed by atoms with E-state index in [1.807, 2.05) is 50.1 Å². The van der Waals surface area contributed by atoms with Gasteiger partial charge >= 0.3 is 0 Å². The molecule has 0 saturated carbocycles. The third-order valence-corrected chi connectivity index (χ3v) is 1.92. The highest BCUT2D eigenvalue weighted by Crippen LogP contribution is 2.34. The van der Waals surface area contributed by atoms with Gasteiger partial charge in [0, 0.05) is 28.2 Å². The van der Waals surface area contributed by atoms with Crippen molar-refractivity contribution in [3.05, 3.63) is 18.2 Å². The van der Waals surface area contributed by atoms with E-state index in [0.717, 1.165) is 11.4 Å². The standard InChI is InChI=1S/C10H16N2O/c1-11(2)8-6-5-7-9(13)10(8)12(3)4/h5-7,13H,1-4H3. The SMILES string of the molecule is CN(C)c1cccc(O)c1N(C)C. The minimum absolute atomic E-state index is 0.316. The van der Waals surface area contributed by atoms with Gasteiger partial charge in [-0.05, 0) is 12.1 Å². The molecule has 0 unspecified atom stereocenters. The molecule has 0 radical (unpaired) electrons. The molecule has 0 fully saturated rings. The van der Waals surface area contributed by atoms with E-state index in [2.05, 4.69) is 0 Å². The first kappa shape index (κ1) is 9.71. The number of aromatic hydroxyl groups is 1. The predicted molar refractivity (Wildman–Crippen MR) is 56.8 cm³/mol. The van der Waals surface area contributed by atoms with Crippen LogP contribution in [-0.4, -0.2) is 33.3 Å². The molecule has 0 saturated heterocycles. The molecule has 0 aliphatic rings. The zero-order valence-electron chi connectivity index (χ0n) is 8.57. The summed E-state index contributed by atoms with van der Waals surface area (Å²) in [6, 6.07) is 5.52. The predicted octanol–water partition coefficient (Wildman–Crippen LogP) is 1.52. The number of benzene rings is 1. The van der Waals surface area contributed by atoms with Crippen LogP contribution in [0.5, 0.6) is 5.75 Å². The Kier molecular flexibility index (Phi) is 2.66. The van der Waals surface area contributed by atoms with E-state index in [9.17, 15) is 5.11 Å². The second kappa shape index (κ2) is 3.56. The van der Waals surface area contributed by atoms with Crippen molar-refractivity contribution in [2.24, 2.45) is 0 Å². The van der Waals surface area contributed by atoms with Crippen LogP contribution in [0.3, 0.4) is 0 Å². The van der Waals surface area contributed by atoms with Crippen molar-refractivity contribution >= 4 is 11.4 Å². The first-order chi connectivity index (χ1) is 6.04. The van der Waals surface area contributed by atoms with Crippen LogP contribution in [0.1, 0.15) is 0 Å². The van der Waals surface area contributed by atoms with E-state index in [1.165, 1.54) is 0 Å². The molecule has 0 spiro atoms. The fourth-order valence-corrected chi connectivity index (χ4v) is 1.34. The summed E-state index contributed by atoms with van der Waals surface area (Å²) in [7, 11) is 7.76. The minimum atomic E-state index is 0.316. The molecule has 1 N–H and O–H groups in total. The normalized spacial score (nSPS) is 9.85. The van der Waals surface area contributed by atoms with Gasteiger partial charge in [0.25, 0.3) is 0 Å². The Balaban J connectivity index is 3.26. The number of rotatable bonds is 2. The molecule has 0 aliphatic heterocycles. The van der Waals surface area contributed by atoms with Crippen LogP contribution in [-0.2, 0) is 0 Å². The van der Waals surface area contributed by atoms with E-state index in [0.29, 0.717) is 5.75 Å². The zero-order valence-corrected chi connectivity index (χ0v) is 8.57. The van der Waals surface area contributed by atoms with Crippen molar-refractivity contribution in [2.45, 2.75) is 0 Å². The summed E-state index contributed by atoms with van der Waals surface area (Å²) in [5.41, 5.74) is 1.87. The third kappa shape index (κ3) is 1.86. The molecule has 0 heterocycles. The molecule has 1 aromatic rings. The maximum Gasteiger partial charge on any atom is 0.141 e. The summed E-state index contributed by atoms with van der Waals surface area (Å²) in [5.74, 6) is 0.316. The molecule has 0 atom stereocenters. The maximum absolute atomic E-state index is 9.64. The van der Waals surface area contributed by atoms with E-state index in [-0.39, 0.29) is 0 Å². The highest BCUT2D eigenvalue weighted by Gasteiger charge is 2.10. The number of phenols is 1. The van der Waals surface area contributed by atoms with Crippen LogP contribution in [0.15, 0.2) is 18.2 Å². The number of para-hydroxylation sites is 1. The Bertz CT molecular complexity index is 295. The van der Waals surface area contributed by atoms with E-state index in [1.54, 1.807) is 6.07 Å². The second-order valence-electron chi connectivity index (χ2n) is 3.43. The smallest absolute Gasteiger partial charge is 0.141 e. The molecule has 1 rings (SSSR count). The first-order valence-corrected chi connectivity index (χ1v) is 4.20. The van der Waals surface area contributed by atoms with Crippen molar-refractivity contribution in [1.29, 1.82) is 0 Å². The quantitative estimate of drug-likeness (QED) is 0.747. The number of phenolic OH excluding ortho intramolecular Hbond substituents is 1. The van der Waals surface area contributed by atoms with E-state index in [4.69, 9.17) is 0 Å². The van der Waals surface area contributed by atoms with Crippen LogP contribution < -0.4 is 9.80 Å². The van der Waals surface area contributed by atoms with Crippen molar-refractivity contribution < 1.29 is 5.11 Å². The Labute approximate surface area is 79.2 Å². The van der Waals surface area contributed by atoms with Crippen LogP contribution in [0.4, 0.5) is 11.4 Å². The second-order valence-corrected chi connectivity index (χ2v) is 3.43. The monoisotopic (exact) mass is 180 g/mol. The minimum Gasteiger partial charge on any atom is -0.506 e. The topological polar surface area (TPSA) is 26.7 Å². The number of anilines is 2. The van der Waals surface area contributed by atoms with Gasteiger partial charge in [-0.2, -0.15) is 0 Å². The lowest BCUT2D eigenvalue weighted by Gasteiger charge is -2.23.